The third kappa shape index (κ3) is 7.86. The van der Waals surface area contributed by atoms with Crippen LogP contribution in [0.5, 0.6) is 5.75 Å². The normalized spacial score (nSPS) is 15.3. The number of nitrogens with one attached hydrogen (secondary N) is 1. The second-order valence-corrected chi connectivity index (χ2v) is 7.76. The molecule has 0 spiro atoms. The van der Waals surface area contributed by atoms with Gasteiger partial charge in [0.25, 0.3) is 5.91 Å². The van der Waals surface area contributed by atoms with Crippen molar-refractivity contribution in [1.82, 2.24) is 15.1 Å². The van der Waals surface area contributed by atoms with Crippen LogP contribution in [0.1, 0.15) is 26.3 Å². The third-order valence-electron chi connectivity index (χ3n) is 4.13. The molecule has 1 N–H and O–H groups in total. The molecular formula is C20H31N3O4. The highest BCUT2D eigenvalue weighted by Gasteiger charge is 2.25. The van der Waals surface area contributed by atoms with Gasteiger partial charge in [0, 0.05) is 39.3 Å². The summed E-state index contributed by atoms with van der Waals surface area (Å²) in [4.78, 5) is 27.9. The summed E-state index contributed by atoms with van der Waals surface area (Å²) in [5.74, 6) is 0.562. The van der Waals surface area contributed by atoms with Crippen LogP contribution in [0.25, 0.3) is 0 Å². The molecule has 1 aromatic rings. The maximum absolute atomic E-state index is 12.0. The Balaban J connectivity index is 1.60. The van der Waals surface area contributed by atoms with Crippen molar-refractivity contribution in [2.24, 2.45) is 0 Å². The van der Waals surface area contributed by atoms with Crippen LogP contribution in [0, 0.1) is 6.92 Å². The van der Waals surface area contributed by atoms with E-state index in [0.29, 0.717) is 25.4 Å². The Labute approximate surface area is 161 Å². The van der Waals surface area contributed by atoms with E-state index in [1.807, 2.05) is 52.0 Å². The molecule has 1 aliphatic heterocycles. The summed E-state index contributed by atoms with van der Waals surface area (Å²) in [6, 6.07) is 7.62. The molecule has 0 unspecified atom stereocenters. The van der Waals surface area contributed by atoms with Gasteiger partial charge in [-0.15, -0.1) is 0 Å². The molecule has 7 nitrogen and oxygen atoms in total. The van der Waals surface area contributed by atoms with Crippen molar-refractivity contribution in [3.05, 3.63) is 29.8 Å². The zero-order chi connectivity index (χ0) is 19.9. The molecule has 0 aliphatic carbocycles. The van der Waals surface area contributed by atoms with Crippen molar-refractivity contribution in [3.63, 3.8) is 0 Å². The van der Waals surface area contributed by atoms with Gasteiger partial charge in [-0.1, -0.05) is 12.1 Å². The van der Waals surface area contributed by atoms with E-state index in [-0.39, 0.29) is 18.6 Å². The van der Waals surface area contributed by atoms with Gasteiger partial charge >= 0.3 is 6.09 Å². The Bertz CT molecular complexity index is 634. The number of benzene rings is 1. The first-order valence-electron chi connectivity index (χ1n) is 9.39. The van der Waals surface area contributed by atoms with Crippen LogP contribution in [0.4, 0.5) is 4.79 Å². The Kier molecular flexibility index (Phi) is 7.47. The number of hydrogen-bond acceptors (Lipinski definition) is 5. The zero-order valence-electron chi connectivity index (χ0n) is 16.8. The van der Waals surface area contributed by atoms with Gasteiger partial charge in [-0.25, -0.2) is 4.79 Å². The van der Waals surface area contributed by atoms with Crippen molar-refractivity contribution >= 4 is 12.0 Å². The molecule has 0 aromatic heterocycles. The van der Waals surface area contributed by atoms with E-state index in [9.17, 15) is 9.59 Å². The Morgan fingerprint density at radius 2 is 1.85 bits per heavy atom. The number of piperazine rings is 1. The standard InChI is InChI=1S/C20H31N3O4/c1-16-6-5-7-17(14-16)26-15-18(24)21-8-9-22-10-12-23(13-11-22)19(25)27-20(2,3)4/h5-7,14H,8-13,15H2,1-4H3,(H,21,24). The van der Waals surface area contributed by atoms with Crippen LogP contribution in [0.2, 0.25) is 0 Å². The molecule has 0 saturated carbocycles. The van der Waals surface area contributed by atoms with Gasteiger partial charge in [0.2, 0.25) is 0 Å². The van der Waals surface area contributed by atoms with Gasteiger partial charge in [-0.05, 0) is 45.4 Å². The monoisotopic (exact) mass is 377 g/mol. The first-order valence-corrected chi connectivity index (χ1v) is 9.39. The molecule has 0 radical (unpaired) electrons. The van der Waals surface area contributed by atoms with Gasteiger partial charge < -0.3 is 19.7 Å². The topological polar surface area (TPSA) is 71.1 Å². The highest BCUT2D eigenvalue weighted by Crippen LogP contribution is 2.12. The van der Waals surface area contributed by atoms with Crippen LogP contribution < -0.4 is 10.1 Å². The second kappa shape index (κ2) is 9.60. The first-order chi connectivity index (χ1) is 12.7. The molecule has 1 aromatic carbocycles. The number of amides is 2. The number of nitrogens with zero attached hydrogens (tertiary/aromatic N) is 2. The second-order valence-electron chi connectivity index (χ2n) is 7.76. The fraction of sp³-hybridized carbons (Fsp3) is 0.600. The van der Waals surface area contributed by atoms with E-state index in [0.717, 1.165) is 25.2 Å². The van der Waals surface area contributed by atoms with Crippen LogP contribution in [0.3, 0.4) is 0 Å². The molecule has 2 rings (SSSR count). The van der Waals surface area contributed by atoms with Crippen molar-refractivity contribution in [2.75, 3.05) is 45.9 Å². The van der Waals surface area contributed by atoms with Crippen molar-refractivity contribution in [3.8, 4) is 5.75 Å². The van der Waals surface area contributed by atoms with E-state index < -0.39 is 5.60 Å². The number of carbonyl (C=O) groups is 2. The van der Waals surface area contributed by atoms with Gasteiger partial charge in [0.05, 0.1) is 0 Å². The predicted molar refractivity (Wildman–Crippen MR) is 104 cm³/mol. The SMILES string of the molecule is Cc1cccc(OCC(=O)NCCN2CCN(C(=O)OC(C)(C)C)CC2)c1. The number of ether oxygens (including phenoxy) is 2. The van der Waals surface area contributed by atoms with E-state index >= 15 is 0 Å². The quantitative estimate of drug-likeness (QED) is 0.822. The maximum Gasteiger partial charge on any atom is 0.410 e. The van der Waals surface area contributed by atoms with Gasteiger partial charge in [-0.3, -0.25) is 9.69 Å². The Hall–Kier alpha value is -2.28. The lowest BCUT2D eigenvalue weighted by atomic mass is 10.2. The fourth-order valence-electron chi connectivity index (χ4n) is 2.74. The Morgan fingerprint density at radius 3 is 2.48 bits per heavy atom. The van der Waals surface area contributed by atoms with Gasteiger partial charge in [0.1, 0.15) is 11.4 Å². The fourth-order valence-corrected chi connectivity index (χ4v) is 2.74. The van der Waals surface area contributed by atoms with Crippen molar-refractivity contribution in [2.45, 2.75) is 33.3 Å². The van der Waals surface area contributed by atoms with E-state index in [2.05, 4.69) is 10.2 Å². The van der Waals surface area contributed by atoms with E-state index in [1.165, 1.54) is 0 Å². The molecule has 1 heterocycles. The number of carbonyl (C=O) groups excluding carboxylic acids is 2. The average Bonchev–Trinajstić information content (AvgIpc) is 2.59. The molecule has 1 saturated heterocycles. The number of aryl methyl sites for hydroxylation is 1. The lowest BCUT2D eigenvalue weighted by Crippen LogP contribution is -2.51. The van der Waals surface area contributed by atoms with Crippen LogP contribution in [-0.2, 0) is 9.53 Å². The first kappa shape index (κ1) is 21.0. The lowest BCUT2D eigenvalue weighted by Gasteiger charge is -2.35. The van der Waals surface area contributed by atoms with Crippen molar-refractivity contribution < 1.29 is 19.1 Å². The van der Waals surface area contributed by atoms with Crippen LogP contribution >= 0.6 is 0 Å². The highest BCUT2D eigenvalue weighted by molar-refractivity contribution is 5.77. The molecule has 2 amide bonds. The van der Waals surface area contributed by atoms with Crippen LogP contribution in [0.15, 0.2) is 24.3 Å². The van der Waals surface area contributed by atoms with Gasteiger partial charge in [0.15, 0.2) is 6.61 Å². The molecule has 27 heavy (non-hydrogen) atoms. The minimum Gasteiger partial charge on any atom is -0.484 e. The van der Waals surface area contributed by atoms with Crippen molar-refractivity contribution in [1.29, 1.82) is 0 Å². The molecule has 1 fully saturated rings. The van der Waals surface area contributed by atoms with Crippen LogP contribution in [-0.4, -0.2) is 73.3 Å². The van der Waals surface area contributed by atoms with E-state index in [1.54, 1.807) is 4.90 Å². The number of rotatable bonds is 6. The smallest absolute Gasteiger partial charge is 0.410 e. The summed E-state index contributed by atoms with van der Waals surface area (Å²) in [7, 11) is 0. The molecule has 0 atom stereocenters. The summed E-state index contributed by atoms with van der Waals surface area (Å²) in [6.07, 6.45) is -0.260. The number of hydrogen-bond donors (Lipinski definition) is 1. The minimum atomic E-state index is -0.473. The lowest BCUT2D eigenvalue weighted by molar-refractivity contribution is -0.123. The van der Waals surface area contributed by atoms with E-state index in [4.69, 9.17) is 9.47 Å². The highest BCUT2D eigenvalue weighted by atomic mass is 16.6. The largest absolute Gasteiger partial charge is 0.484 e. The molecule has 1 aliphatic rings. The molecule has 0 bridgehead atoms. The van der Waals surface area contributed by atoms with Gasteiger partial charge in [-0.2, -0.15) is 0 Å². The summed E-state index contributed by atoms with van der Waals surface area (Å²) < 4.78 is 10.9. The third-order valence-corrected chi connectivity index (χ3v) is 4.13. The Morgan fingerprint density at radius 1 is 1.15 bits per heavy atom. The molecule has 150 valence electrons. The maximum atomic E-state index is 12.0. The zero-order valence-corrected chi connectivity index (χ0v) is 16.8. The summed E-state index contributed by atoms with van der Waals surface area (Å²) in [5, 5.41) is 2.87. The summed E-state index contributed by atoms with van der Waals surface area (Å²) >= 11 is 0. The summed E-state index contributed by atoms with van der Waals surface area (Å²) in [6.45, 7) is 11.7. The predicted octanol–water partition coefficient (Wildman–Crippen LogP) is 2.04. The summed E-state index contributed by atoms with van der Waals surface area (Å²) in [5.41, 5.74) is 0.623. The molecule has 7 heteroatoms. The minimum absolute atomic E-state index is 0.00980. The average molecular weight is 377 g/mol. The molecular weight excluding hydrogens is 346 g/mol.